The summed E-state index contributed by atoms with van der Waals surface area (Å²) in [6.45, 7) is 4.25. The molecule has 0 heterocycles. The zero-order chi connectivity index (χ0) is 8.69. The van der Waals surface area contributed by atoms with Gasteiger partial charge in [0.05, 0.1) is 0 Å². The number of rotatable bonds is 0. The molecule has 1 rings (SSSR count). The molecule has 62 valence electrons. The Morgan fingerprint density at radius 2 is 1.09 bits per heavy atom. The van der Waals surface area contributed by atoms with E-state index in [-0.39, 0.29) is 11.5 Å². The average Bonchev–Trinajstić information content (AvgIpc) is 1.97. The number of benzene rings is 1. The minimum atomic E-state index is 0.169. The van der Waals surface area contributed by atoms with Crippen molar-refractivity contribution >= 4 is 0 Å². The van der Waals surface area contributed by atoms with Crippen molar-refractivity contribution in [3.05, 3.63) is 24.3 Å². The lowest BCUT2D eigenvalue weighted by molar-refractivity contribution is 0.460. The smallest absolute Gasteiger partial charge is 0.115 e. The molecule has 2 heteroatoms. The zero-order valence-electron chi connectivity index (χ0n) is 6.91. The molecule has 2 nitrogen and oxygen atoms in total. The molecule has 0 bridgehead atoms. The Morgan fingerprint density at radius 3 is 1.27 bits per heavy atom. The molecule has 11 heavy (non-hydrogen) atoms. The number of hydrogen-bond acceptors (Lipinski definition) is 2. The Bertz CT molecular complexity index is 158. The fourth-order valence-electron chi connectivity index (χ4n) is 0.453. The van der Waals surface area contributed by atoms with E-state index < -0.39 is 0 Å². The summed E-state index contributed by atoms with van der Waals surface area (Å²) in [6.07, 6.45) is 1.25. The highest BCUT2D eigenvalue weighted by Crippen LogP contribution is 2.13. The van der Waals surface area contributed by atoms with Gasteiger partial charge in [-0.2, -0.15) is 0 Å². The predicted molar refractivity (Wildman–Crippen MR) is 45.7 cm³/mol. The molecule has 0 amide bonds. The maximum Gasteiger partial charge on any atom is 0.115 e. The molecule has 0 fully saturated rings. The quantitative estimate of drug-likeness (QED) is 0.564. The van der Waals surface area contributed by atoms with Gasteiger partial charge in [-0.25, -0.2) is 0 Å². The van der Waals surface area contributed by atoms with Crippen molar-refractivity contribution in [1.29, 1.82) is 0 Å². The lowest BCUT2D eigenvalue weighted by Crippen LogP contribution is -1.61. The van der Waals surface area contributed by atoms with Crippen molar-refractivity contribution in [3.63, 3.8) is 0 Å². The first-order chi connectivity index (χ1) is 5.20. The molecular weight excluding hydrogens is 140 g/mol. The maximum atomic E-state index is 8.65. The molecular formula is C9H14O2. The van der Waals surface area contributed by atoms with Gasteiger partial charge >= 0.3 is 0 Å². The molecule has 0 radical (unpaired) electrons. The number of aromatic hydroxyl groups is 2. The number of phenolic OH excluding ortho intramolecular Hbond substituents is 2. The van der Waals surface area contributed by atoms with Crippen LogP contribution in [0.25, 0.3) is 0 Å². The summed E-state index contributed by atoms with van der Waals surface area (Å²) in [5.74, 6) is 0.339. The maximum absolute atomic E-state index is 8.65. The van der Waals surface area contributed by atoms with Gasteiger partial charge in [-0.1, -0.05) is 20.3 Å². The van der Waals surface area contributed by atoms with E-state index in [2.05, 4.69) is 13.8 Å². The van der Waals surface area contributed by atoms with Crippen LogP contribution in [0.1, 0.15) is 20.3 Å². The van der Waals surface area contributed by atoms with Crippen molar-refractivity contribution in [2.75, 3.05) is 0 Å². The van der Waals surface area contributed by atoms with E-state index in [0.29, 0.717) is 0 Å². The molecule has 0 saturated carbocycles. The summed E-state index contributed by atoms with van der Waals surface area (Å²) < 4.78 is 0. The number of hydrogen-bond donors (Lipinski definition) is 2. The molecule has 1 aromatic rings. The summed E-state index contributed by atoms with van der Waals surface area (Å²) >= 11 is 0. The van der Waals surface area contributed by atoms with Gasteiger partial charge in [0.1, 0.15) is 11.5 Å². The Kier molecular flexibility index (Phi) is 4.99. The Labute approximate surface area is 67.1 Å². The first kappa shape index (κ1) is 9.82. The topological polar surface area (TPSA) is 40.5 Å². The average molecular weight is 154 g/mol. The van der Waals surface area contributed by atoms with Crippen LogP contribution in [0.4, 0.5) is 0 Å². The second-order valence-corrected chi connectivity index (χ2v) is 2.22. The molecule has 0 aliphatic rings. The van der Waals surface area contributed by atoms with Crippen LogP contribution in [0.5, 0.6) is 11.5 Å². The van der Waals surface area contributed by atoms with Crippen molar-refractivity contribution < 1.29 is 10.2 Å². The van der Waals surface area contributed by atoms with Crippen LogP contribution in [0.3, 0.4) is 0 Å². The van der Waals surface area contributed by atoms with Gasteiger partial charge in [0.15, 0.2) is 0 Å². The van der Waals surface area contributed by atoms with Gasteiger partial charge < -0.3 is 10.2 Å². The van der Waals surface area contributed by atoms with E-state index in [1.807, 2.05) is 0 Å². The minimum absolute atomic E-state index is 0.169. The van der Waals surface area contributed by atoms with Gasteiger partial charge in [0, 0.05) is 0 Å². The summed E-state index contributed by atoms with van der Waals surface area (Å²) in [5, 5.41) is 17.3. The standard InChI is InChI=1S/C6H6O2.C3H8/c7-5-1-2-6(8)4-3-5;1-3-2/h1-4,7-8H;3H2,1-2H3. The van der Waals surface area contributed by atoms with Crippen LogP contribution in [0, 0.1) is 0 Å². The summed E-state index contributed by atoms with van der Waals surface area (Å²) in [7, 11) is 0. The molecule has 0 aliphatic heterocycles. The van der Waals surface area contributed by atoms with E-state index in [0.717, 1.165) is 0 Å². The van der Waals surface area contributed by atoms with Gasteiger partial charge in [0.25, 0.3) is 0 Å². The molecule has 0 saturated heterocycles. The summed E-state index contributed by atoms with van der Waals surface area (Å²) in [6, 6.07) is 5.70. The number of phenols is 2. The van der Waals surface area contributed by atoms with Crippen molar-refractivity contribution in [2.24, 2.45) is 0 Å². The second kappa shape index (κ2) is 5.59. The van der Waals surface area contributed by atoms with E-state index in [1.165, 1.54) is 30.7 Å². The van der Waals surface area contributed by atoms with Crippen LogP contribution < -0.4 is 0 Å². The van der Waals surface area contributed by atoms with Crippen LogP contribution in [0.15, 0.2) is 24.3 Å². The van der Waals surface area contributed by atoms with Gasteiger partial charge in [0.2, 0.25) is 0 Å². The molecule has 0 atom stereocenters. The monoisotopic (exact) mass is 154 g/mol. The van der Waals surface area contributed by atoms with Crippen LogP contribution >= 0.6 is 0 Å². The Hall–Kier alpha value is -1.18. The van der Waals surface area contributed by atoms with E-state index in [1.54, 1.807) is 0 Å². The second-order valence-electron chi connectivity index (χ2n) is 2.22. The third kappa shape index (κ3) is 5.27. The third-order valence-electron chi connectivity index (χ3n) is 0.850. The highest BCUT2D eigenvalue weighted by atomic mass is 16.3. The minimum Gasteiger partial charge on any atom is -0.508 e. The fraction of sp³-hybridized carbons (Fsp3) is 0.333. The Morgan fingerprint density at radius 1 is 0.909 bits per heavy atom. The molecule has 0 aromatic heterocycles. The zero-order valence-corrected chi connectivity index (χ0v) is 6.91. The van der Waals surface area contributed by atoms with Crippen LogP contribution in [0.2, 0.25) is 0 Å². The molecule has 0 aliphatic carbocycles. The van der Waals surface area contributed by atoms with Gasteiger partial charge in [-0.3, -0.25) is 0 Å². The first-order valence-electron chi connectivity index (χ1n) is 3.68. The largest absolute Gasteiger partial charge is 0.508 e. The molecule has 2 N–H and O–H groups in total. The third-order valence-corrected chi connectivity index (χ3v) is 0.850. The normalized spacial score (nSPS) is 8.18. The van der Waals surface area contributed by atoms with Gasteiger partial charge in [-0.05, 0) is 24.3 Å². The van der Waals surface area contributed by atoms with Crippen LogP contribution in [-0.4, -0.2) is 10.2 Å². The van der Waals surface area contributed by atoms with Crippen molar-refractivity contribution in [1.82, 2.24) is 0 Å². The molecule has 1 aromatic carbocycles. The summed E-state index contributed by atoms with van der Waals surface area (Å²) in [4.78, 5) is 0. The highest BCUT2D eigenvalue weighted by molar-refractivity contribution is 5.28. The lowest BCUT2D eigenvalue weighted by Gasteiger charge is -1.88. The molecule has 0 spiro atoms. The highest BCUT2D eigenvalue weighted by Gasteiger charge is 1.84. The van der Waals surface area contributed by atoms with Crippen LogP contribution in [-0.2, 0) is 0 Å². The predicted octanol–water partition coefficient (Wildman–Crippen LogP) is 2.51. The Balaban J connectivity index is 0.000000292. The molecule has 0 unspecified atom stereocenters. The lowest BCUT2D eigenvalue weighted by atomic mass is 10.3. The SMILES string of the molecule is CCC.Oc1ccc(O)cc1. The van der Waals surface area contributed by atoms with Crippen molar-refractivity contribution in [3.8, 4) is 11.5 Å². The first-order valence-corrected chi connectivity index (χ1v) is 3.68. The van der Waals surface area contributed by atoms with E-state index in [9.17, 15) is 0 Å². The van der Waals surface area contributed by atoms with E-state index >= 15 is 0 Å². The van der Waals surface area contributed by atoms with E-state index in [4.69, 9.17) is 10.2 Å². The van der Waals surface area contributed by atoms with Crippen molar-refractivity contribution in [2.45, 2.75) is 20.3 Å². The van der Waals surface area contributed by atoms with Gasteiger partial charge in [-0.15, -0.1) is 0 Å². The summed E-state index contributed by atoms with van der Waals surface area (Å²) in [5.41, 5.74) is 0. The fourth-order valence-corrected chi connectivity index (χ4v) is 0.453.